The van der Waals surface area contributed by atoms with Gasteiger partial charge in [0.2, 0.25) is 0 Å². The van der Waals surface area contributed by atoms with Crippen LogP contribution >= 0.6 is 0 Å². The molecular weight excluding hydrogens is 211 g/mol. The van der Waals surface area contributed by atoms with Gasteiger partial charge < -0.3 is 4.74 Å². The molecule has 1 rings (SSSR count). The van der Waals surface area contributed by atoms with Crippen molar-refractivity contribution in [3.8, 4) is 0 Å². The Morgan fingerprint density at radius 3 is 2.60 bits per heavy atom. The lowest BCUT2D eigenvalue weighted by molar-refractivity contribution is 0.0586. The summed E-state index contributed by atoms with van der Waals surface area (Å²) >= 11 is 0. The number of hydrogen-bond donors (Lipinski definition) is 0. The lowest BCUT2D eigenvalue weighted by Crippen LogP contribution is -2.11. The summed E-state index contributed by atoms with van der Waals surface area (Å²) in [5.74, 6) is -2.40. The molecule has 15 heavy (non-hydrogen) atoms. The SMILES string of the molecule is COC(=O)c1ncc(C)c(C(F)F)c1F. The van der Waals surface area contributed by atoms with E-state index in [0.717, 1.165) is 13.3 Å². The van der Waals surface area contributed by atoms with Crippen LogP contribution in [0.1, 0.15) is 28.0 Å². The molecule has 0 aliphatic heterocycles. The minimum Gasteiger partial charge on any atom is -0.464 e. The van der Waals surface area contributed by atoms with Crippen LogP contribution in [-0.4, -0.2) is 18.1 Å². The molecule has 0 saturated heterocycles. The second-order valence-electron chi connectivity index (χ2n) is 2.81. The Labute approximate surface area is 83.9 Å². The maximum absolute atomic E-state index is 13.4. The van der Waals surface area contributed by atoms with E-state index in [9.17, 15) is 18.0 Å². The molecule has 0 aromatic carbocycles. The number of aryl methyl sites for hydroxylation is 1. The zero-order chi connectivity index (χ0) is 11.6. The number of hydrogen-bond acceptors (Lipinski definition) is 3. The van der Waals surface area contributed by atoms with Gasteiger partial charge in [-0.25, -0.2) is 22.9 Å². The number of methoxy groups -OCH3 is 1. The number of carbonyl (C=O) groups is 1. The van der Waals surface area contributed by atoms with Crippen molar-refractivity contribution in [2.24, 2.45) is 0 Å². The first-order valence-electron chi connectivity index (χ1n) is 4.00. The van der Waals surface area contributed by atoms with Crippen LogP contribution in [0.2, 0.25) is 0 Å². The molecule has 0 amide bonds. The predicted molar refractivity (Wildman–Crippen MR) is 45.2 cm³/mol. The molecule has 0 radical (unpaired) electrons. The van der Waals surface area contributed by atoms with Gasteiger partial charge in [-0.3, -0.25) is 0 Å². The van der Waals surface area contributed by atoms with Gasteiger partial charge in [0.1, 0.15) is 0 Å². The molecule has 82 valence electrons. The van der Waals surface area contributed by atoms with E-state index in [1.54, 1.807) is 0 Å². The number of carbonyl (C=O) groups excluding carboxylic acids is 1. The number of nitrogens with zero attached hydrogens (tertiary/aromatic N) is 1. The predicted octanol–water partition coefficient (Wildman–Crippen LogP) is 2.25. The third-order valence-electron chi connectivity index (χ3n) is 1.85. The molecule has 0 spiro atoms. The van der Waals surface area contributed by atoms with Crippen LogP contribution in [0, 0.1) is 12.7 Å². The molecule has 3 nitrogen and oxygen atoms in total. The smallest absolute Gasteiger partial charge is 0.359 e. The molecule has 0 aliphatic rings. The summed E-state index contributed by atoms with van der Waals surface area (Å²) in [6.07, 6.45) is -1.98. The van der Waals surface area contributed by atoms with Crippen molar-refractivity contribution >= 4 is 5.97 Å². The Hall–Kier alpha value is -1.59. The van der Waals surface area contributed by atoms with Gasteiger partial charge in [0.25, 0.3) is 6.43 Å². The molecule has 0 unspecified atom stereocenters. The topological polar surface area (TPSA) is 39.2 Å². The third-order valence-corrected chi connectivity index (χ3v) is 1.85. The minimum atomic E-state index is -2.99. The summed E-state index contributed by atoms with van der Waals surface area (Å²) in [4.78, 5) is 14.4. The van der Waals surface area contributed by atoms with Gasteiger partial charge in [-0.15, -0.1) is 0 Å². The molecule has 0 N–H and O–H groups in total. The van der Waals surface area contributed by atoms with Gasteiger partial charge in [-0.1, -0.05) is 0 Å². The highest BCUT2D eigenvalue weighted by atomic mass is 19.3. The summed E-state index contributed by atoms with van der Waals surface area (Å²) < 4.78 is 42.4. The second kappa shape index (κ2) is 4.29. The lowest BCUT2D eigenvalue weighted by Gasteiger charge is -2.08. The number of aromatic nitrogens is 1. The highest BCUT2D eigenvalue weighted by molar-refractivity contribution is 5.87. The van der Waals surface area contributed by atoms with Crippen LogP contribution in [0.4, 0.5) is 13.2 Å². The second-order valence-corrected chi connectivity index (χ2v) is 2.81. The van der Waals surface area contributed by atoms with Crippen molar-refractivity contribution in [2.45, 2.75) is 13.3 Å². The summed E-state index contributed by atoms with van der Waals surface area (Å²) in [5.41, 5.74) is -1.54. The molecular formula is C9H8F3NO2. The molecule has 1 aromatic heterocycles. The van der Waals surface area contributed by atoms with Crippen molar-refractivity contribution in [1.82, 2.24) is 4.98 Å². The number of ether oxygens (including phenoxy) is 1. The number of esters is 1. The average molecular weight is 219 g/mol. The Morgan fingerprint density at radius 1 is 1.53 bits per heavy atom. The van der Waals surface area contributed by atoms with E-state index < -0.39 is 29.5 Å². The zero-order valence-corrected chi connectivity index (χ0v) is 8.05. The molecule has 0 aliphatic carbocycles. The van der Waals surface area contributed by atoms with Crippen molar-refractivity contribution in [3.05, 3.63) is 28.8 Å². The van der Waals surface area contributed by atoms with Gasteiger partial charge in [0, 0.05) is 6.20 Å². The van der Waals surface area contributed by atoms with E-state index in [2.05, 4.69) is 9.72 Å². The minimum absolute atomic E-state index is 0.00449. The number of rotatable bonds is 2. The van der Waals surface area contributed by atoms with Crippen LogP contribution in [0.15, 0.2) is 6.20 Å². The molecule has 1 heterocycles. The van der Waals surface area contributed by atoms with Crippen LogP contribution in [0.5, 0.6) is 0 Å². The van der Waals surface area contributed by atoms with Crippen LogP contribution in [0.3, 0.4) is 0 Å². The Balaban J connectivity index is 3.35. The normalized spacial score (nSPS) is 10.5. The zero-order valence-electron chi connectivity index (χ0n) is 8.05. The molecule has 0 bridgehead atoms. The van der Waals surface area contributed by atoms with Gasteiger partial charge in [-0.05, 0) is 12.5 Å². The number of alkyl halides is 2. The van der Waals surface area contributed by atoms with Crippen molar-refractivity contribution < 1.29 is 22.7 Å². The maximum atomic E-state index is 13.4. The van der Waals surface area contributed by atoms with Crippen molar-refractivity contribution in [1.29, 1.82) is 0 Å². The monoisotopic (exact) mass is 219 g/mol. The maximum Gasteiger partial charge on any atom is 0.359 e. The van der Waals surface area contributed by atoms with E-state index in [0.29, 0.717) is 0 Å². The van der Waals surface area contributed by atoms with Gasteiger partial charge in [0.05, 0.1) is 12.7 Å². The summed E-state index contributed by atoms with van der Waals surface area (Å²) in [7, 11) is 1.02. The van der Waals surface area contributed by atoms with Crippen molar-refractivity contribution in [3.63, 3.8) is 0 Å². The first kappa shape index (κ1) is 11.5. The number of halogens is 3. The fourth-order valence-corrected chi connectivity index (χ4v) is 1.10. The standard InChI is InChI=1S/C9H8F3NO2/c1-4-3-13-7(9(14)15-2)6(10)5(4)8(11)12/h3,8H,1-2H3. The molecule has 0 atom stereocenters. The summed E-state index contributed by atoms with van der Waals surface area (Å²) in [5, 5.41) is 0. The van der Waals surface area contributed by atoms with E-state index in [4.69, 9.17) is 0 Å². The fraction of sp³-hybridized carbons (Fsp3) is 0.333. The van der Waals surface area contributed by atoms with Crippen LogP contribution < -0.4 is 0 Å². The molecule has 1 aromatic rings. The Kier molecular flexibility index (Phi) is 3.28. The number of pyridine rings is 1. The molecule has 6 heteroatoms. The highest BCUT2D eigenvalue weighted by Crippen LogP contribution is 2.26. The van der Waals surface area contributed by atoms with Gasteiger partial charge in [0.15, 0.2) is 11.5 Å². The van der Waals surface area contributed by atoms with E-state index in [1.165, 1.54) is 6.92 Å². The van der Waals surface area contributed by atoms with Crippen molar-refractivity contribution in [2.75, 3.05) is 7.11 Å². The summed E-state index contributed by atoms with van der Waals surface area (Å²) in [6, 6.07) is 0. The quantitative estimate of drug-likeness (QED) is 0.716. The summed E-state index contributed by atoms with van der Waals surface area (Å²) in [6.45, 7) is 1.29. The largest absolute Gasteiger partial charge is 0.464 e. The van der Waals surface area contributed by atoms with Crippen LogP contribution in [-0.2, 0) is 4.74 Å². The van der Waals surface area contributed by atoms with Crippen LogP contribution in [0.25, 0.3) is 0 Å². The first-order chi connectivity index (χ1) is 6.99. The highest BCUT2D eigenvalue weighted by Gasteiger charge is 2.24. The van der Waals surface area contributed by atoms with Gasteiger partial charge in [-0.2, -0.15) is 0 Å². The fourth-order valence-electron chi connectivity index (χ4n) is 1.10. The molecule has 0 fully saturated rings. The molecule has 0 saturated carbocycles. The van der Waals surface area contributed by atoms with E-state index >= 15 is 0 Å². The van der Waals surface area contributed by atoms with E-state index in [1.807, 2.05) is 0 Å². The third kappa shape index (κ3) is 2.08. The van der Waals surface area contributed by atoms with E-state index in [-0.39, 0.29) is 5.56 Å². The van der Waals surface area contributed by atoms with Gasteiger partial charge >= 0.3 is 5.97 Å². The first-order valence-corrected chi connectivity index (χ1v) is 4.00. The lowest BCUT2D eigenvalue weighted by atomic mass is 10.1. The average Bonchev–Trinajstić information content (AvgIpc) is 2.16. The Bertz CT molecular complexity index is 393. The Morgan fingerprint density at radius 2 is 2.13 bits per heavy atom.